The number of fused-ring (bicyclic) bond motifs is 4. The number of benzene rings is 11. The topological polar surface area (TPSA) is 255 Å². The van der Waals surface area contributed by atoms with E-state index in [2.05, 4.69) is 117 Å². The summed E-state index contributed by atoms with van der Waals surface area (Å²) in [6.07, 6.45) is 8.49. The number of aromatic amines is 4. The van der Waals surface area contributed by atoms with E-state index in [-0.39, 0.29) is 45.0 Å². The van der Waals surface area contributed by atoms with Crippen molar-refractivity contribution < 1.29 is 66.8 Å². The molecule has 0 aliphatic carbocycles. The third-order valence-electron chi connectivity index (χ3n) is 24.3. The molecule has 0 unspecified atom stereocenters. The average Bonchev–Trinajstić information content (AvgIpc) is 1.56. The van der Waals surface area contributed by atoms with Gasteiger partial charge in [0.2, 0.25) is 0 Å². The molecule has 4 aromatic heterocycles. The van der Waals surface area contributed by atoms with Crippen molar-refractivity contribution in [1.29, 1.82) is 0 Å². The zero-order chi connectivity index (χ0) is 87.0. The van der Waals surface area contributed by atoms with Crippen LogP contribution >= 0.6 is 0 Å². The summed E-state index contributed by atoms with van der Waals surface area (Å²) in [5.74, 6) is -6.03. The van der Waals surface area contributed by atoms with Crippen LogP contribution in [0, 0.1) is 27.7 Å². The molecule has 18 heteroatoms. The Labute approximate surface area is 719 Å². The van der Waals surface area contributed by atoms with E-state index < -0.39 is 59.6 Å². The smallest absolute Gasteiger partial charge is 0.362 e. The number of aryl methyl sites for hydroxylation is 4. The Morgan fingerprint density at radius 2 is 0.565 bits per heavy atom. The van der Waals surface area contributed by atoms with Gasteiger partial charge in [0.15, 0.2) is 0 Å². The minimum absolute atomic E-state index is 0.152. The van der Waals surface area contributed by atoms with Crippen LogP contribution in [0.5, 0.6) is 11.5 Å². The fourth-order valence-corrected chi connectivity index (χ4v) is 17.9. The number of aromatic nitrogens is 4. The zero-order valence-electron chi connectivity index (χ0n) is 71.3. The molecule has 0 radical (unpaired) electrons. The number of hydrogen-bond acceptors (Lipinski definition) is 14. The number of rotatable bonds is 30. The van der Waals surface area contributed by atoms with Gasteiger partial charge in [0.05, 0.1) is 48.3 Å². The normalized spacial score (nSPS) is 11.5. The lowest BCUT2D eigenvalue weighted by Crippen LogP contribution is -2.15. The van der Waals surface area contributed by atoms with Gasteiger partial charge in [0.1, 0.15) is 34.3 Å². The van der Waals surface area contributed by atoms with Gasteiger partial charge in [-0.15, -0.1) is 0 Å². The Bertz CT molecular complexity index is 5990. The van der Waals surface area contributed by atoms with Crippen LogP contribution < -0.4 is 9.47 Å². The van der Waals surface area contributed by atoms with E-state index >= 15 is 0 Å². The van der Waals surface area contributed by atoms with Crippen molar-refractivity contribution in [2.24, 2.45) is 0 Å². The van der Waals surface area contributed by atoms with Crippen LogP contribution in [-0.4, -0.2) is 81.9 Å². The SMILES string of the molecule is CCc1c(C(=O)OC(=O)c2ccccc2)[nH]c(C(c2[nH]c(C(=O)OC(=O)c3ccccc3)c(CC)c2C)c2cccc3cc4ccc(CCCCc5cc(OC)c(CCCCc6ccc7cc8cccc(C(c9[nH]c(C(=O)OC(=O)c%10ccccc%10)c(CC)c9C)c9[nH]c(C(=O)OC(=O)c%10ccccc%10)c(CC)c9C)c8cc7c6)cc5OC)cc4cc23)c1C. The minimum atomic E-state index is -0.818. The standard InChI is InChI=1S/C106H98N4O14/c1-11-79-61(5)91(107-95(79)103(115)121-99(111)67-35-19-15-20-36-67)89(92-62(6)80(12-2)96(108-92)104(116)122-100(112)68-37-21-16-22-38-68)83-47-31-45-73-55-71-51-49-65(53-77(71)57-85(73)83)33-27-29-43-75-59-88(120-10)76(60-87(75)119-9)44-30-28-34-66-50-52-72-56-74-46-32-48-84(86(74)58-78(72)54-66)90(93-63(7)81(13-3)97(109-93)105(117)123-101(113)69-39-23-17-24-40-69)94-64(8)82(14-4)98(110-94)106(118)124-102(114)70-41-25-18-26-42-70/h15-26,31-32,35-42,45-60,89-90,107-110H,11-14,27-30,33-34,43-44H2,1-10H3. The monoisotopic (exact) mass is 1650 g/mol. The highest BCUT2D eigenvalue weighted by molar-refractivity contribution is 6.07. The number of carbonyl (C=O) groups excluding carboxylic acids is 8. The highest BCUT2D eigenvalue weighted by Crippen LogP contribution is 2.46. The van der Waals surface area contributed by atoms with Crippen molar-refractivity contribution in [3.05, 3.63) is 376 Å². The van der Waals surface area contributed by atoms with E-state index in [0.717, 1.165) is 150 Å². The molecule has 0 saturated carbocycles. The quantitative estimate of drug-likeness (QED) is 0.0107. The molecule has 0 bridgehead atoms. The van der Waals surface area contributed by atoms with Crippen LogP contribution in [0.4, 0.5) is 0 Å². The number of methoxy groups -OCH3 is 2. The number of ether oxygens (including phenoxy) is 6. The summed E-state index contributed by atoms with van der Waals surface area (Å²) in [5, 5.41) is 8.04. The molecule has 0 atom stereocenters. The second-order valence-corrected chi connectivity index (χ2v) is 31.6. The van der Waals surface area contributed by atoms with Gasteiger partial charge in [0, 0.05) is 22.8 Å². The van der Waals surface area contributed by atoms with Gasteiger partial charge < -0.3 is 48.4 Å². The third kappa shape index (κ3) is 17.4. The van der Waals surface area contributed by atoms with Gasteiger partial charge >= 0.3 is 47.8 Å². The molecule has 4 heterocycles. The number of unbranched alkanes of at least 4 members (excludes halogenated alkanes) is 2. The first kappa shape index (κ1) is 84.7. The van der Waals surface area contributed by atoms with Crippen molar-refractivity contribution in [3.8, 4) is 11.5 Å². The Morgan fingerprint density at radius 1 is 0.282 bits per heavy atom. The Hall–Kier alpha value is -14.3. The van der Waals surface area contributed by atoms with Gasteiger partial charge in [-0.05, 0) is 311 Å². The summed E-state index contributed by atoms with van der Waals surface area (Å²) in [6, 6.07) is 72.2. The molecule has 4 N–H and O–H groups in total. The van der Waals surface area contributed by atoms with Gasteiger partial charge in [-0.2, -0.15) is 0 Å². The first-order valence-electron chi connectivity index (χ1n) is 42.5. The van der Waals surface area contributed by atoms with Crippen LogP contribution in [0.25, 0.3) is 43.1 Å². The molecule has 18 nitrogen and oxygen atoms in total. The highest BCUT2D eigenvalue weighted by Gasteiger charge is 2.37. The van der Waals surface area contributed by atoms with Crippen molar-refractivity contribution in [3.63, 3.8) is 0 Å². The van der Waals surface area contributed by atoms with E-state index in [1.165, 1.54) is 11.1 Å². The first-order chi connectivity index (χ1) is 60.2. The van der Waals surface area contributed by atoms with Crippen molar-refractivity contribution in [1.82, 2.24) is 19.9 Å². The van der Waals surface area contributed by atoms with Crippen LogP contribution in [0.3, 0.4) is 0 Å². The lowest BCUT2D eigenvalue weighted by Gasteiger charge is -2.21. The second-order valence-electron chi connectivity index (χ2n) is 31.6. The van der Waals surface area contributed by atoms with Crippen LogP contribution in [0.1, 0.15) is 249 Å². The number of carbonyl (C=O) groups is 8. The number of hydrogen-bond donors (Lipinski definition) is 4. The van der Waals surface area contributed by atoms with Crippen molar-refractivity contribution >= 4 is 90.8 Å². The Morgan fingerprint density at radius 3 is 0.839 bits per heavy atom. The molecule has 0 aliphatic heterocycles. The van der Waals surface area contributed by atoms with Gasteiger partial charge in [0.25, 0.3) is 0 Å². The van der Waals surface area contributed by atoms with E-state index in [0.29, 0.717) is 70.7 Å². The van der Waals surface area contributed by atoms with E-state index in [1.807, 2.05) is 67.5 Å². The average molecular weight is 1650 g/mol. The molecule has 15 rings (SSSR count). The molecule has 0 amide bonds. The predicted octanol–water partition coefficient (Wildman–Crippen LogP) is 22.6. The predicted molar refractivity (Wildman–Crippen MR) is 482 cm³/mol. The van der Waals surface area contributed by atoms with Gasteiger partial charge in [-0.1, -0.05) is 173 Å². The number of esters is 8. The molecule has 11 aromatic carbocycles. The second kappa shape index (κ2) is 37.4. The summed E-state index contributed by atoms with van der Waals surface area (Å²) in [5.41, 5.74) is 16.3. The molecule has 0 spiro atoms. The first-order valence-corrected chi connectivity index (χ1v) is 42.5. The molecule has 15 aromatic rings. The molecular weight excluding hydrogens is 1550 g/mol. The maximum absolute atomic E-state index is 14.2. The van der Waals surface area contributed by atoms with Crippen LogP contribution in [-0.2, 0) is 70.3 Å². The highest BCUT2D eigenvalue weighted by atomic mass is 16.6. The molecule has 626 valence electrons. The van der Waals surface area contributed by atoms with E-state index in [1.54, 1.807) is 136 Å². The molecule has 124 heavy (non-hydrogen) atoms. The molecular formula is C106H98N4O14. The summed E-state index contributed by atoms with van der Waals surface area (Å²) in [7, 11) is 3.44. The fourth-order valence-electron chi connectivity index (χ4n) is 17.9. The maximum atomic E-state index is 14.2. The van der Waals surface area contributed by atoms with E-state index in [4.69, 9.17) is 28.4 Å². The largest absolute Gasteiger partial charge is 0.496 e. The summed E-state index contributed by atoms with van der Waals surface area (Å²) < 4.78 is 34.5. The Balaban J connectivity index is 0.657. The fraction of sp³-hybridized carbons (Fsp3) is 0.226. The molecule has 0 aliphatic rings. The summed E-state index contributed by atoms with van der Waals surface area (Å²) in [6.45, 7) is 15.6. The summed E-state index contributed by atoms with van der Waals surface area (Å²) >= 11 is 0. The van der Waals surface area contributed by atoms with Crippen molar-refractivity contribution in [2.75, 3.05) is 14.2 Å². The summed E-state index contributed by atoms with van der Waals surface area (Å²) in [4.78, 5) is 125. The number of H-pyrrole nitrogens is 4. The van der Waals surface area contributed by atoms with Crippen LogP contribution in [0.15, 0.2) is 231 Å². The molecule has 0 saturated heterocycles. The lowest BCUT2D eigenvalue weighted by molar-refractivity contribution is 0.0375. The third-order valence-corrected chi connectivity index (χ3v) is 24.3. The minimum Gasteiger partial charge on any atom is -0.496 e. The van der Waals surface area contributed by atoms with Gasteiger partial charge in [-0.25, -0.2) is 38.4 Å². The Kier molecular flexibility index (Phi) is 25.6. The number of nitrogens with one attached hydrogen (secondary N) is 4. The van der Waals surface area contributed by atoms with E-state index in [9.17, 15) is 38.4 Å². The molecule has 0 fully saturated rings. The zero-order valence-corrected chi connectivity index (χ0v) is 71.3. The van der Waals surface area contributed by atoms with Gasteiger partial charge in [-0.3, -0.25) is 0 Å². The van der Waals surface area contributed by atoms with Crippen LogP contribution in [0.2, 0.25) is 0 Å². The lowest BCUT2D eigenvalue weighted by atomic mass is 9.84. The maximum Gasteiger partial charge on any atom is 0.362 e. The van der Waals surface area contributed by atoms with Crippen molar-refractivity contribution in [2.45, 2.75) is 144 Å².